The van der Waals surface area contributed by atoms with E-state index in [4.69, 9.17) is 9.47 Å². The molecule has 1 aromatic carbocycles. The molecule has 1 aromatic rings. The van der Waals surface area contributed by atoms with Gasteiger partial charge in [-0.15, -0.1) is 0 Å². The summed E-state index contributed by atoms with van der Waals surface area (Å²) in [6.07, 6.45) is 2.60. The zero-order valence-electron chi connectivity index (χ0n) is 17.8. The van der Waals surface area contributed by atoms with Crippen molar-refractivity contribution in [3.05, 3.63) is 35.9 Å². The first-order valence-electron chi connectivity index (χ1n) is 9.83. The fourth-order valence-electron chi connectivity index (χ4n) is 2.66. The SMILES string of the molecule is CC(C)C(C)(C#N)NC(=O)COC(=O)/C=C/c1ccc(S(=O)(=O)N2CCOCC2)cc1. The van der Waals surface area contributed by atoms with Crippen LogP contribution in [-0.4, -0.2) is 63.0 Å². The van der Waals surface area contributed by atoms with E-state index in [1.807, 2.05) is 6.07 Å². The highest BCUT2D eigenvalue weighted by Crippen LogP contribution is 2.18. The number of morpholine rings is 1. The molecule has 1 N–H and O–H groups in total. The van der Waals surface area contributed by atoms with Gasteiger partial charge in [0.25, 0.3) is 5.91 Å². The quantitative estimate of drug-likeness (QED) is 0.468. The fraction of sp³-hybridized carbons (Fsp3) is 0.476. The highest BCUT2D eigenvalue weighted by molar-refractivity contribution is 7.89. The molecule has 0 bridgehead atoms. The third kappa shape index (κ3) is 6.62. The Morgan fingerprint density at radius 3 is 2.45 bits per heavy atom. The Morgan fingerprint density at radius 2 is 1.90 bits per heavy atom. The summed E-state index contributed by atoms with van der Waals surface area (Å²) in [5, 5.41) is 11.8. The molecule has 1 unspecified atom stereocenters. The molecule has 168 valence electrons. The number of amides is 1. The zero-order chi connectivity index (χ0) is 23.1. The van der Waals surface area contributed by atoms with Crippen molar-refractivity contribution in [2.75, 3.05) is 32.9 Å². The smallest absolute Gasteiger partial charge is 0.331 e. The number of nitrogens with one attached hydrogen (secondary N) is 1. The number of ether oxygens (including phenoxy) is 2. The van der Waals surface area contributed by atoms with Crippen LogP contribution in [-0.2, 0) is 29.1 Å². The van der Waals surface area contributed by atoms with Crippen LogP contribution < -0.4 is 5.32 Å². The molecule has 2 rings (SSSR count). The Morgan fingerprint density at radius 1 is 1.29 bits per heavy atom. The van der Waals surface area contributed by atoms with E-state index in [1.165, 1.54) is 22.5 Å². The largest absolute Gasteiger partial charge is 0.452 e. The third-order valence-electron chi connectivity index (χ3n) is 5.03. The maximum atomic E-state index is 12.6. The lowest BCUT2D eigenvalue weighted by Crippen LogP contribution is -2.50. The summed E-state index contributed by atoms with van der Waals surface area (Å²) in [6, 6.07) is 8.13. The molecule has 1 saturated heterocycles. The van der Waals surface area contributed by atoms with Gasteiger partial charge in [0.2, 0.25) is 10.0 Å². The van der Waals surface area contributed by atoms with E-state index in [2.05, 4.69) is 5.32 Å². The average molecular weight is 450 g/mol. The Bertz CT molecular complexity index is 960. The number of carbonyl (C=O) groups is 2. The van der Waals surface area contributed by atoms with E-state index in [9.17, 15) is 23.3 Å². The van der Waals surface area contributed by atoms with Crippen LogP contribution in [0.5, 0.6) is 0 Å². The molecular formula is C21H27N3O6S. The second-order valence-corrected chi connectivity index (χ2v) is 9.48. The average Bonchev–Trinajstić information content (AvgIpc) is 2.77. The Kier molecular flexibility index (Phi) is 8.33. The van der Waals surface area contributed by atoms with Crippen molar-refractivity contribution in [2.24, 2.45) is 5.92 Å². The summed E-state index contributed by atoms with van der Waals surface area (Å²) in [4.78, 5) is 23.9. The van der Waals surface area contributed by atoms with Crippen molar-refractivity contribution < 1.29 is 27.5 Å². The minimum Gasteiger partial charge on any atom is -0.452 e. The van der Waals surface area contributed by atoms with Crippen molar-refractivity contribution in [1.29, 1.82) is 5.26 Å². The van der Waals surface area contributed by atoms with Gasteiger partial charge in [-0.3, -0.25) is 4.79 Å². The van der Waals surface area contributed by atoms with E-state index in [1.54, 1.807) is 32.9 Å². The molecule has 0 aromatic heterocycles. The fourth-order valence-corrected chi connectivity index (χ4v) is 4.07. The van der Waals surface area contributed by atoms with Crippen molar-refractivity contribution >= 4 is 28.0 Å². The van der Waals surface area contributed by atoms with Gasteiger partial charge in [0, 0.05) is 19.2 Å². The van der Waals surface area contributed by atoms with Gasteiger partial charge in [0.15, 0.2) is 6.61 Å². The summed E-state index contributed by atoms with van der Waals surface area (Å²) in [6.45, 7) is 6.05. The first kappa shape index (κ1) is 24.5. The van der Waals surface area contributed by atoms with Gasteiger partial charge in [-0.25, -0.2) is 13.2 Å². The molecule has 10 heteroatoms. The van der Waals surface area contributed by atoms with Gasteiger partial charge >= 0.3 is 5.97 Å². The van der Waals surface area contributed by atoms with Crippen molar-refractivity contribution in [3.63, 3.8) is 0 Å². The van der Waals surface area contributed by atoms with Gasteiger partial charge < -0.3 is 14.8 Å². The minimum absolute atomic E-state index is 0.118. The molecule has 1 amide bonds. The Balaban J connectivity index is 1.90. The van der Waals surface area contributed by atoms with E-state index < -0.39 is 34.0 Å². The highest BCUT2D eigenvalue weighted by Gasteiger charge is 2.30. The van der Waals surface area contributed by atoms with Crippen LogP contribution in [0.4, 0.5) is 0 Å². The molecule has 9 nitrogen and oxygen atoms in total. The molecule has 31 heavy (non-hydrogen) atoms. The van der Waals surface area contributed by atoms with Gasteiger partial charge in [-0.1, -0.05) is 26.0 Å². The summed E-state index contributed by atoms with van der Waals surface area (Å²) in [5.41, 5.74) is -0.456. The topological polar surface area (TPSA) is 126 Å². The maximum absolute atomic E-state index is 12.6. The van der Waals surface area contributed by atoms with Crippen LogP contribution >= 0.6 is 0 Å². The van der Waals surface area contributed by atoms with Crippen LogP contribution in [0.3, 0.4) is 0 Å². The van der Waals surface area contributed by atoms with Crippen molar-refractivity contribution in [3.8, 4) is 6.07 Å². The lowest BCUT2D eigenvalue weighted by molar-refractivity contribution is -0.144. The van der Waals surface area contributed by atoms with Crippen molar-refractivity contribution in [1.82, 2.24) is 9.62 Å². The summed E-state index contributed by atoms with van der Waals surface area (Å²) < 4.78 is 36.6. The van der Waals surface area contributed by atoms with E-state index in [0.29, 0.717) is 31.9 Å². The molecule has 1 atom stereocenters. The number of nitriles is 1. The predicted molar refractivity (Wildman–Crippen MR) is 113 cm³/mol. The van der Waals surface area contributed by atoms with Crippen LogP contribution in [0.2, 0.25) is 0 Å². The van der Waals surface area contributed by atoms with E-state index in [0.717, 1.165) is 6.08 Å². The number of benzene rings is 1. The van der Waals surface area contributed by atoms with E-state index >= 15 is 0 Å². The molecule has 0 spiro atoms. The van der Waals surface area contributed by atoms with Gasteiger partial charge in [0.05, 0.1) is 24.2 Å². The van der Waals surface area contributed by atoms with Crippen LogP contribution in [0, 0.1) is 17.2 Å². The molecule has 0 saturated carbocycles. The maximum Gasteiger partial charge on any atom is 0.331 e. The van der Waals surface area contributed by atoms with Gasteiger partial charge in [0.1, 0.15) is 5.54 Å². The predicted octanol–water partition coefficient (Wildman–Crippen LogP) is 1.32. The molecule has 1 fully saturated rings. The number of esters is 1. The van der Waals surface area contributed by atoms with Crippen LogP contribution in [0.1, 0.15) is 26.3 Å². The monoisotopic (exact) mass is 449 g/mol. The lowest BCUT2D eigenvalue weighted by Gasteiger charge is -2.27. The summed E-state index contributed by atoms with van der Waals surface area (Å²) >= 11 is 0. The number of hydrogen-bond acceptors (Lipinski definition) is 7. The third-order valence-corrected chi connectivity index (χ3v) is 6.94. The zero-order valence-corrected chi connectivity index (χ0v) is 18.6. The second kappa shape index (κ2) is 10.5. The molecule has 0 aliphatic carbocycles. The number of rotatable bonds is 8. The van der Waals surface area contributed by atoms with Gasteiger partial charge in [-0.2, -0.15) is 9.57 Å². The molecule has 1 aliphatic rings. The standard InChI is InChI=1S/C21H27N3O6S/c1-16(2)21(3,15-22)23-19(25)14-30-20(26)9-6-17-4-7-18(8-5-17)31(27,28)24-10-12-29-13-11-24/h4-9,16H,10-14H2,1-3H3,(H,23,25)/b9-6+. The molecular weight excluding hydrogens is 422 g/mol. The first-order chi connectivity index (χ1) is 14.6. The van der Waals surface area contributed by atoms with E-state index in [-0.39, 0.29) is 10.8 Å². The van der Waals surface area contributed by atoms with Gasteiger partial charge in [-0.05, 0) is 36.6 Å². The number of carbonyl (C=O) groups excluding carboxylic acids is 2. The Hall–Kier alpha value is -2.74. The molecule has 1 aliphatic heterocycles. The minimum atomic E-state index is -3.58. The first-order valence-corrected chi connectivity index (χ1v) is 11.3. The normalized spacial score (nSPS) is 17.1. The summed E-state index contributed by atoms with van der Waals surface area (Å²) in [5.74, 6) is -1.42. The number of hydrogen-bond donors (Lipinski definition) is 1. The lowest BCUT2D eigenvalue weighted by atomic mass is 9.90. The van der Waals surface area contributed by atoms with Crippen LogP contribution in [0.15, 0.2) is 35.2 Å². The molecule has 0 radical (unpaired) electrons. The van der Waals surface area contributed by atoms with Crippen molar-refractivity contribution in [2.45, 2.75) is 31.2 Å². The number of nitrogens with zero attached hydrogens (tertiary/aromatic N) is 2. The molecule has 1 heterocycles. The second-order valence-electron chi connectivity index (χ2n) is 7.54. The van der Waals surface area contributed by atoms with Crippen LogP contribution in [0.25, 0.3) is 6.08 Å². The number of sulfonamides is 1. The summed E-state index contributed by atoms with van der Waals surface area (Å²) in [7, 11) is -3.58. The highest BCUT2D eigenvalue weighted by atomic mass is 32.2. The Labute approximate surface area is 182 Å².